The van der Waals surface area contributed by atoms with Gasteiger partial charge in [0, 0.05) is 16.3 Å². The molecule has 0 spiro atoms. The van der Waals surface area contributed by atoms with Crippen LogP contribution in [-0.4, -0.2) is 0 Å². The molecule has 0 aromatic heterocycles. The second-order valence-corrected chi connectivity index (χ2v) is 12.9. The molecule has 3 rings (SSSR count). The summed E-state index contributed by atoms with van der Waals surface area (Å²) in [5.74, 6) is 0. The number of nitrogens with zero attached hydrogens (tertiary/aromatic N) is 1. The summed E-state index contributed by atoms with van der Waals surface area (Å²) in [4.78, 5) is 1.14. The van der Waals surface area contributed by atoms with Gasteiger partial charge in [0.25, 0.3) is 0 Å². The van der Waals surface area contributed by atoms with E-state index >= 15 is 0 Å². The second-order valence-electron chi connectivity index (χ2n) is 4.16. The Morgan fingerprint density at radius 3 is 2.38 bits per heavy atom. The second kappa shape index (κ2) is 8.76. The summed E-state index contributed by atoms with van der Waals surface area (Å²) >= 11 is -0.931. The van der Waals surface area contributed by atoms with Crippen LogP contribution in [0.3, 0.4) is 0 Å². The van der Waals surface area contributed by atoms with Crippen LogP contribution in [-0.2, 0) is 24.1 Å². The van der Waals surface area contributed by atoms with E-state index in [1.54, 1.807) is 10.8 Å². The average molecular weight is 431 g/mol. The van der Waals surface area contributed by atoms with Crippen LogP contribution >= 0.6 is 40.9 Å². The minimum atomic E-state index is -0.931. The Balaban J connectivity index is 0.000000497. The summed E-state index contributed by atoms with van der Waals surface area (Å²) in [6.45, 7) is 2.08. The third-order valence-electron chi connectivity index (χ3n) is 2.63. The molecule has 1 unspecified atom stereocenters. The van der Waals surface area contributed by atoms with E-state index in [-0.39, 0.29) is 0 Å². The molecule has 0 saturated heterocycles. The maximum absolute atomic E-state index is 6.01. The molecule has 1 heterocycles. The predicted molar refractivity (Wildman–Crippen MR) is 93.8 cm³/mol. The van der Waals surface area contributed by atoms with Crippen molar-refractivity contribution >= 4 is 66.9 Å². The fourth-order valence-corrected chi connectivity index (χ4v) is 4.67. The topological polar surface area (TPSA) is 24.4 Å². The van der Waals surface area contributed by atoms with Crippen LogP contribution in [0.5, 0.6) is 0 Å². The van der Waals surface area contributed by atoms with Gasteiger partial charge in [-0.3, -0.25) is 0 Å². The molecule has 0 radical (unpaired) electrons. The van der Waals surface area contributed by atoms with Gasteiger partial charge in [-0.15, -0.1) is 0 Å². The average Bonchev–Trinajstić information content (AvgIpc) is 2.82. The van der Waals surface area contributed by atoms with Crippen molar-refractivity contribution in [1.82, 2.24) is 0 Å². The van der Waals surface area contributed by atoms with E-state index in [4.69, 9.17) is 30.1 Å². The van der Waals surface area contributed by atoms with Gasteiger partial charge in [0.2, 0.25) is 0 Å². The number of hydrogen-bond acceptors (Lipinski definition) is 3. The number of halogens is 3. The summed E-state index contributed by atoms with van der Waals surface area (Å²) in [5, 5.41) is 3.38. The molecular formula is C13H11Cl3N2S2Zn. The van der Waals surface area contributed by atoms with Crippen molar-refractivity contribution in [2.24, 2.45) is 4.36 Å². The minimum absolute atomic E-state index is 0.441. The molecule has 1 aliphatic rings. The normalized spacial score (nSPS) is 15.1. The van der Waals surface area contributed by atoms with Gasteiger partial charge in [-0.1, -0.05) is 17.7 Å². The predicted octanol–water partition coefficient (Wildman–Crippen LogP) is 6.72. The van der Waals surface area contributed by atoms with Crippen LogP contribution in [0, 0.1) is 6.92 Å². The molecule has 2 aromatic rings. The number of nitrogens with one attached hydrogen (secondary N) is 1. The van der Waals surface area contributed by atoms with E-state index in [2.05, 4.69) is 46.9 Å². The molecule has 0 bridgehead atoms. The molecular weight excluding hydrogens is 420 g/mol. The molecule has 1 aliphatic heterocycles. The summed E-state index contributed by atoms with van der Waals surface area (Å²) < 4.78 is 4.34. The Morgan fingerprint density at radius 1 is 1.10 bits per heavy atom. The van der Waals surface area contributed by atoms with Gasteiger partial charge in [0.05, 0.1) is 14.6 Å². The van der Waals surface area contributed by atoms with Gasteiger partial charge in [-0.2, -0.15) is 0 Å². The van der Waals surface area contributed by atoms with Crippen LogP contribution in [0.1, 0.15) is 5.56 Å². The maximum atomic E-state index is 6.01. The molecule has 8 heteroatoms. The fourth-order valence-electron chi connectivity index (χ4n) is 1.71. The summed E-state index contributed by atoms with van der Waals surface area (Å²) in [6, 6.07) is 14.5. The number of rotatable bonds is 2. The Labute approximate surface area is 150 Å². The van der Waals surface area contributed by atoms with Crippen molar-refractivity contribution in [3.05, 3.63) is 48.0 Å². The SMILES string of the molecule is Cc1ccc(Nc2ccc3c(c2)SS(Cl)=N3)cc1.[Cl][Zn][Cl]. The van der Waals surface area contributed by atoms with Crippen LogP contribution in [0.2, 0.25) is 0 Å². The van der Waals surface area contributed by atoms with E-state index in [1.807, 2.05) is 12.1 Å². The third-order valence-corrected chi connectivity index (χ3v) is 5.56. The summed E-state index contributed by atoms with van der Waals surface area (Å²) in [5.41, 5.74) is 4.41. The summed E-state index contributed by atoms with van der Waals surface area (Å²) in [6.07, 6.45) is 0. The van der Waals surface area contributed by atoms with Crippen molar-refractivity contribution in [2.75, 3.05) is 5.32 Å². The number of benzene rings is 2. The van der Waals surface area contributed by atoms with Crippen LogP contribution < -0.4 is 5.32 Å². The van der Waals surface area contributed by atoms with Gasteiger partial charge in [0.15, 0.2) is 0 Å². The molecule has 0 fully saturated rings. The van der Waals surface area contributed by atoms with Crippen molar-refractivity contribution in [3.8, 4) is 0 Å². The monoisotopic (exact) mass is 428 g/mol. The first-order chi connectivity index (χ1) is 10.1. The van der Waals surface area contributed by atoms with Crippen LogP contribution in [0.25, 0.3) is 0 Å². The molecule has 108 valence electrons. The van der Waals surface area contributed by atoms with Crippen molar-refractivity contribution in [1.29, 1.82) is 0 Å². The fraction of sp³-hybridized carbons (Fsp3) is 0.0769. The van der Waals surface area contributed by atoms with Crippen LogP contribution in [0.4, 0.5) is 17.1 Å². The van der Waals surface area contributed by atoms with Gasteiger partial charge in [0.1, 0.15) is 0 Å². The zero-order chi connectivity index (χ0) is 15.2. The van der Waals surface area contributed by atoms with Crippen LogP contribution in [0.15, 0.2) is 51.7 Å². The summed E-state index contributed by atoms with van der Waals surface area (Å²) in [7, 11) is 17.1. The number of fused-ring (bicyclic) bond motifs is 1. The standard InChI is InChI=1S/C13H11ClN2S2.2ClH.Zn/c1-9-2-4-10(5-3-9)15-11-6-7-12-13(8-11)17-18(14)16-12;;;/h2-8,15H,1H3;2*1H;/q;;;+2/p-2. The van der Waals surface area contributed by atoms with E-state index in [0.717, 1.165) is 22.0 Å². The van der Waals surface area contributed by atoms with E-state index in [0.29, 0.717) is 0 Å². The van der Waals surface area contributed by atoms with Gasteiger partial charge < -0.3 is 5.32 Å². The van der Waals surface area contributed by atoms with E-state index < -0.39 is 24.1 Å². The first-order valence-electron chi connectivity index (χ1n) is 6.03. The third kappa shape index (κ3) is 5.42. The van der Waals surface area contributed by atoms with Crippen molar-refractivity contribution in [2.45, 2.75) is 11.8 Å². The molecule has 2 nitrogen and oxygen atoms in total. The Bertz CT molecular complexity index is 650. The number of anilines is 2. The molecule has 0 saturated carbocycles. The molecule has 0 aliphatic carbocycles. The quantitative estimate of drug-likeness (QED) is 0.422. The first-order valence-corrected chi connectivity index (χ1v) is 17.2. The van der Waals surface area contributed by atoms with E-state index in [1.165, 1.54) is 5.56 Å². The number of aryl methyl sites for hydroxylation is 1. The molecule has 0 amide bonds. The zero-order valence-electron chi connectivity index (χ0n) is 11.1. The van der Waals surface area contributed by atoms with Crippen molar-refractivity contribution in [3.63, 3.8) is 0 Å². The first kappa shape index (κ1) is 17.6. The molecule has 21 heavy (non-hydrogen) atoms. The number of hydrogen-bond donors (Lipinski definition) is 1. The Morgan fingerprint density at radius 2 is 1.71 bits per heavy atom. The van der Waals surface area contributed by atoms with Crippen molar-refractivity contribution < 1.29 is 15.1 Å². The zero-order valence-corrected chi connectivity index (χ0v) is 18.0. The molecule has 1 N–H and O–H groups in total. The van der Waals surface area contributed by atoms with Gasteiger partial charge >= 0.3 is 34.5 Å². The Kier molecular flexibility index (Phi) is 7.33. The van der Waals surface area contributed by atoms with Gasteiger partial charge in [-0.05, 0) is 58.7 Å². The van der Waals surface area contributed by atoms with Gasteiger partial charge in [-0.25, -0.2) is 4.36 Å². The molecule has 2 aromatic carbocycles. The Hall–Kier alpha value is 0.233. The van der Waals surface area contributed by atoms with E-state index in [9.17, 15) is 0 Å². The molecule has 1 atom stereocenters.